The molecule has 2 heteroatoms. The summed E-state index contributed by atoms with van der Waals surface area (Å²) < 4.78 is 13.9. The Morgan fingerprint density at radius 2 is 1.65 bits per heavy atom. The normalized spacial score (nSPS) is 10.7. The Morgan fingerprint density at radius 1 is 0.900 bits per heavy atom. The molecule has 3 rings (SSSR count). The zero-order valence-electron chi connectivity index (χ0n) is 11.1. The fraction of sp³-hybridized carbons (Fsp3) is 0.0556. The number of rotatable bonds is 2. The van der Waals surface area contributed by atoms with Gasteiger partial charge in [0.1, 0.15) is 12.1 Å². The molecule has 0 N–H and O–H groups in total. The summed E-state index contributed by atoms with van der Waals surface area (Å²) in [4.78, 5) is 11.0. The van der Waals surface area contributed by atoms with Crippen molar-refractivity contribution in [1.82, 2.24) is 0 Å². The van der Waals surface area contributed by atoms with E-state index in [9.17, 15) is 9.18 Å². The zero-order valence-corrected chi connectivity index (χ0v) is 11.1. The molecule has 0 aliphatic rings. The second-order valence-electron chi connectivity index (χ2n) is 4.83. The monoisotopic (exact) mass is 264 g/mol. The third-order valence-corrected chi connectivity index (χ3v) is 3.56. The summed E-state index contributed by atoms with van der Waals surface area (Å²) >= 11 is 0. The molecule has 0 aromatic heterocycles. The summed E-state index contributed by atoms with van der Waals surface area (Å²) in [5.41, 5.74) is 3.60. The lowest BCUT2D eigenvalue weighted by Gasteiger charge is -2.11. The highest BCUT2D eigenvalue weighted by atomic mass is 19.1. The van der Waals surface area contributed by atoms with Crippen molar-refractivity contribution < 1.29 is 9.18 Å². The lowest BCUT2D eigenvalue weighted by molar-refractivity contribution is 0.112. The van der Waals surface area contributed by atoms with Crippen LogP contribution in [0.25, 0.3) is 21.9 Å². The molecule has 98 valence electrons. The molecule has 0 saturated carbocycles. The van der Waals surface area contributed by atoms with Gasteiger partial charge in [-0.3, -0.25) is 4.79 Å². The average Bonchev–Trinajstić information content (AvgIpc) is 2.49. The van der Waals surface area contributed by atoms with Gasteiger partial charge in [0.25, 0.3) is 0 Å². The number of halogens is 1. The maximum atomic E-state index is 13.9. The SMILES string of the molecule is Cc1ccc(C=O)cc1-c1ccc(F)c2ccccc12. The van der Waals surface area contributed by atoms with E-state index in [0.717, 1.165) is 28.4 Å². The molecular weight excluding hydrogens is 251 g/mol. The highest BCUT2D eigenvalue weighted by molar-refractivity contribution is 5.98. The standard InChI is InChI=1S/C18H13FO/c1-12-6-7-13(11-20)10-17(12)15-8-9-18(19)16-5-3-2-4-14(15)16/h2-11H,1H3. The number of carbonyl (C=O) groups excluding carboxylic acids is 1. The van der Waals surface area contributed by atoms with Crippen LogP contribution in [0.15, 0.2) is 54.6 Å². The number of aldehydes is 1. The van der Waals surface area contributed by atoms with Gasteiger partial charge >= 0.3 is 0 Å². The Balaban J connectivity index is 2.35. The molecule has 3 aromatic carbocycles. The van der Waals surface area contributed by atoms with Crippen molar-refractivity contribution in [3.63, 3.8) is 0 Å². The molecule has 0 amide bonds. The number of carbonyl (C=O) groups is 1. The Hall–Kier alpha value is -2.48. The van der Waals surface area contributed by atoms with Gasteiger partial charge in [-0.05, 0) is 41.1 Å². The lowest BCUT2D eigenvalue weighted by Crippen LogP contribution is -1.90. The van der Waals surface area contributed by atoms with E-state index >= 15 is 0 Å². The van der Waals surface area contributed by atoms with Crippen molar-refractivity contribution in [1.29, 1.82) is 0 Å². The van der Waals surface area contributed by atoms with E-state index in [1.165, 1.54) is 6.07 Å². The van der Waals surface area contributed by atoms with Crippen LogP contribution >= 0.6 is 0 Å². The van der Waals surface area contributed by atoms with Gasteiger partial charge in [-0.2, -0.15) is 0 Å². The third kappa shape index (κ3) is 1.99. The molecule has 20 heavy (non-hydrogen) atoms. The molecule has 0 bridgehead atoms. The highest BCUT2D eigenvalue weighted by Crippen LogP contribution is 2.32. The van der Waals surface area contributed by atoms with Crippen molar-refractivity contribution >= 4 is 17.1 Å². The maximum absolute atomic E-state index is 13.9. The number of benzene rings is 3. The third-order valence-electron chi connectivity index (χ3n) is 3.56. The van der Waals surface area contributed by atoms with Crippen LogP contribution in [0.1, 0.15) is 15.9 Å². The van der Waals surface area contributed by atoms with E-state index in [1.54, 1.807) is 18.2 Å². The van der Waals surface area contributed by atoms with Crippen LogP contribution in [0, 0.1) is 12.7 Å². The molecule has 3 aromatic rings. The second-order valence-corrected chi connectivity index (χ2v) is 4.83. The fourth-order valence-electron chi connectivity index (χ4n) is 2.50. The van der Waals surface area contributed by atoms with Crippen molar-refractivity contribution in [2.24, 2.45) is 0 Å². The summed E-state index contributed by atoms with van der Waals surface area (Å²) in [6.45, 7) is 1.99. The first-order valence-electron chi connectivity index (χ1n) is 6.44. The molecule has 0 unspecified atom stereocenters. The topological polar surface area (TPSA) is 17.1 Å². The van der Waals surface area contributed by atoms with Crippen molar-refractivity contribution in [3.8, 4) is 11.1 Å². The van der Waals surface area contributed by atoms with E-state index in [4.69, 9.17) is 0 Å². The lowest BCUT2D eigenvalue weighted by atomic mass is 9.94. The van der Waals surface area contributed by atoms with E-state index in [-0.39, 0.29) is 5.82 Å². The first kappa shape index (κ1) is 12.5. The smallest absolute Gasteiger partial charge is 0.150 e. The van der Waals surface area contributed by atoms with Crippen LogP contribution in [0.5, 0.6) is 0 Å². The minimum absolute atomic E-state index is 0.228. The largest absolute Gasteiger partial charge is 0.298 e. The molecule has 0 spiro atoms. The van der Waals surface area contributed by atoms with Crippen LogP contribution in [0.4, 0.5) is 4.39 Å². The molecule has 0 heterocycles. The van der Waals surface area contributed by atoms with Gasteiger partial charge in [-0.15, -0.1) is 0 Å². The molecule has 0 saturated heterocycles. The van der Waals surface area contributed by atoms with Gasteiger partial charge in [-0.1, -0.05) is 42.5 Å². The van der Waals surface area contributed by atoms with Gasteiger partial charge in [-0.25, -0.2) is 4.39 Å². The summed E-state index contributed by atoms with van der Waals surface area (Å²) in [6.07, 6.45) is 0.828. The Labute approximate surface area is 116 Å². The predicted molar refractivity (Wildman–Crippen MR) is 79.5 cm³/mol. The van der Waals surface area contributed by atoms with Crippen LogP contribution in [-0.2, 0) is 0 Å². The first-order chi connectivity index (χ1) is 9.70. The van der Waals surface area contributed by atoms with E-state index in [1.807, 2.05) is 37.3 Å². The minimum Gasteiger partial charge on any atom is -0.298 e. The van der Waals surface area contributed by atoms with Crippen LogP contribution in [0.2, 0.25) is 0 Å². The van der Waals surface area contributed by atoms with Crippen molar-refractivity contribution in [2.45, 2.75) is 6.92 Å². The number of fused-ring (bicyclic) bond motifs is 1. The maximum Gasteiger partial charge on any atom is 0.150 e. The van der Waals surface area contributed by atoms with Gasteiger partial charge < -0.3 is 0 Å². The van der Waals surface area contributed by atoms with Crippen LogP contribution in [0.3, 0.4) is 0 Å². The summed E-state index contributed by atoms with van der Waals surface area (Å²) in [5.74, 6) is -0.228. The molecule has 0 aliphatic carbocycles. The molecular formula is C18H13FO. The Bertz CT molecular complexity index is 806. The highest BCUT2D eigenvalue weighted by Gasteiger charge is 2.09. The molecule has 1 nitrogen and oxygen atoms in total. The minimum atomic E-state index is -0.228. The van der Waals surface area contributed by atoms with Gasteiger partial charge in [0.2, 0.25) is 0 Å². The Morgan fingerprint density at radius 3 is 2.40 bits per heavy atom. The molecule has 0 aliphatic heterocycles. The Kier molecular flexibility index (Phi) is 3.07. The number of hydrogen-bond donors (Lipinski definition) is 0. The van der Waals surface area contributed by atoms with Crippen LogP contribution < -0.4 is 0 Å². The molecule has 0 fully saturated rings. The van der Waals surface area contributed by atoms with Crippen molar-refractivity contribution in [3.05, 3.63) is 71.5 Å². The summed E-state index contributed by atoms with van der Waals surface area (Å²) in [5, 5.41) is 1.46. The first-order valence-corrected chi connectivity index (χ1v) is 6.44. The van der Waals surface area contributed by atoms with Crippen LogP contribution in [-0.4, -0.2) is 6.29 Å². The van der Waals surface area contributed by atoms with Gasteiger partial charge in [0.15, 0.2) is 0 Å². The van der Waals surface area contributed by atoms with E-state index in [2.05, 4.69) is 0 Å². The number of aryl methyl sites for hydroxylation is 1. The van der Waals surface area contributed by atoms with Gasteiger partial charge in [0, 0.05) is 10.9 Å². The van der Waals surface area contributed by atoms with Crippen molar-refractivity contribution in [2.75, 3.05) is 0 Å². The zero-order chi connectivity index (χ0) is 14.1. The van der Waals surface area contributed by atoms with E-state index < -0.39 is 0 Å². The quantitative estimate of drug-likeness (QED) is 0.609. The summed E-state index contributed by atoms with van der Waals surface area (Å²) in [6, 6.07) is 16.2. The average molecular weight is 264 g/mol. The van der Waals surface area contributed by atoms with E-state index in [0.29, 0.717) is 10.9 Å². The number of hydrogen-bond acceptors (Lipinski definition) is 1. The predicted octanol–water partition coefficient (Wildman–Crippen LogP) is 4.77. The molecule has 0 radical (unpaired) electrons. The molecule has 0 atom stereocenters. The summed E-state index contributed by atoms with van der Waals surface area (Å²) in [7, 11) is 0. The fourth-order valence-corrected chi connectivity index (χ4v) is 2.50. The second kappa shape index (κ2) is 4.89. The van der Waals surface area contributed by atoms with Gasteiger partial charge in [0.05, 0.1) is 0 Å².